The van der Waals surface area contributed by atoms with Crippen LogP contribution in [0.2, 0.25) is 0 Å². The number of carbonyl (C=O) groups is 2. The van der Waals surface area contributed by atoms with E-state index in [1.807, 2.05) is 25.1 Å². The molecule has 1 saturated carbocycles. The van der Waals surface area contributed by atoms with Crippen LogP contribution in [0.15, 0.2) is 24.3 Å². The van der Waals surface area contributed by atoms with Crippen molar-refractivity contribution in [1.29, 1.82) is 0 Å². The fraction of sp³-hybridized carbons (Fsp3) is 0.467. The van der Waals surface area contributed by atoms with E-state index < -0.39 is 5.54 Å². The van der Waals surface area contributed by atoms with Gasteiger partial charge in [0.15, 0.2) is 0 Å². The number of benzene rings is 1. The van der Waals surface area contributed by atoms with Gasteiger partial charge in [0.2, 0.25) is 0 Å². The lowest BCUT2D eigenvalue weighted by molar-refractivity contribution is -0.148. The summed E-state index contributed by atoms with van der Waals surface area (Å²) in [5.41, 5.74) is 0.671. The van der Waals surface area contributed by atoms with Gasteiger partial charge in [0.05, 0.1) is 7.11 Å². The number of ether oxygens (including phenoxy) is 1. The maximum absolute atomic E-state index is 12.3. The molecule has 19 heavy (non-hydrogen) atoms. The van der Waals surface area contributed by atoms with E-state index in [-0.39, 0.29) is 11.9 Å². The first-order chi connectivity index (χ1) is 9.09. The minimum absolute atomic E-state index is 0.203. The summed E-state index contributed by atoms with van der Waals surface area (Å²) in [6.45, 7) is 1.88. The van der Waals surface area contributed by atoms with Crippen molar-refractivity contribution < 1.29 is 14.3 Å². The van der Waals surface area contributed by atoms with Crippen molar-refractivity contribution in [1.82, 2.24) is 5.32 Å². The van der Waals surface area contributed by atoms with Gasteiger partial charge in [-0.2, -0.15) is 0 Å². The summed E-state index contributed by atoms with van der Waals surface area (Å²) in [6.07, 6.45) is 3.17. The molecular weight excluding hydrogens is 242 g/mol. The van der Waals surface area contributed by atoms with E-state index in [1.165, 1.54) is 7.11 Å². The van der Waals surface area contributed by atoms with E-state index in [2.05, 4.69) is 5.32 Å². The molecule has 102 valence electrons. The molecule has 0 unspecified atom stereocenters. The predicted molar refractivity (Wildman–Crippen MR) is 71.9 cm³/mol. The molecule has 1 aromatic rings. The fourth-order valence-corrected chi connectivity index (χ4v) is 2.67. The average molecular weight is 261 g/mol. The topological polar surface area (TPSA) is 55.4 Å². The molecule has 0 spiro atoms. The highest BCUT2D eigenvalue weighted by Crippen LogP contribution is 2.31. The summed E-state index contributed by atoms with van der Waals surface area (Å²) in [4.78, 5) is 24.3. The summed E-state index contributed by atoms with van der Waals surface area (Å²) in [6, 6.07) is 7.36. The van der Waals surface area contributed by atoms with Crippen molar-refractivity contribution >= 4 is 11.9 Å². The van der Waals surface area contributed by atoms with Crippen LogP contribution in [0.3, 0.4) is 0 Å². The number of rotatable bonds is 3. The molecule has 4 nitrogen and oxygen atoms in total. The molecule has 0 aliphatic heterocycles. The Bertz CT molecular complexity index is 490. The standard InChI is InChI=1S/C15H19NO3/c1-11-7-3-4-8-12(11)13(17)16-15(14(18)19-2)9-5-6-10-15/h3-4,7-8H,5-6,9-10H2,1-2H3,(H,16,17). The summed E-state index contributed by atoms with van der Waals surface area (Å²) >= 11 is 0. The van der Waals surface area contributed by atoms with Crippen LogP contribution >= 0.6 is 0 Å². The summed E-state index contributed by atoms with van der Waals surface area (Å²) in [5, 5.41) is 2.89. The van der Waals surface area contributed by atoms with Gasteiger partial charge >= 0.3 is 5.97 Å². The van der Waals surface area contributed by atoms with Crippen LogP contribution < -0.4 is 5.32 Å². The quantitative estimate of drug-likeness (QED) is 0.849. The maximum atomic E-state index is 12.3. The molecule has 1 N–H and O–H groups in total. The largest absolute Gasteiger partial charge is 0.467 e. The molecule has 0 heterocycles. The number of amides is 1. The van der Waals surface area contributed by atoms with Crippen LogP contribution in [0.1, 0.15) is 41.6 Å². The second-order valence-electron chi connectivity index (χ2n) is 5.05. The zero-order valence-corrected chi connectivity index (χ0v) is 11.4. The molecule has 0 aromatic heterocycles. The number of aryl methyl sites for hydroxylation is 1. The summed E-state index contributed by atoms with van der Waals surface area (Å²) in [7, 11) is 1.36. The minimum Gasteiger partial charge on any atom is -0.467 e. The molecule has 1 aromatic carbocycles. The molecule has 0 radical (unpaired) electrons. The second kappa shape index (κ2) is 5.43. The number of esters is 1. The Kier molecular flexibility index (Phi) is 3.88. The molecule has 1 aliphatic rings. The Labute approximate surface area is 113 Å². The van der Waals surface area contributed by atoms with E-state index in [0.717, 1.165) is 18.4 Å². The molecule has 0 saturated heterocycles. The van der Waals surface area contributed by atoms with Gasteiger partial charge in [-0.05, 0) is 31.4 Å². The lowest BCUT2D eigenvalue weighted by Gasteiger charge is -2.27. The third kappa shape index (κ3) is 2.62. The van der Waals surface area contributed by atoms with Gasteiger partial charge in [-0.15, -0.1) is 0 Å². The highest BCUT2D eigenvalue weighted by Gasteiger charge is 2.43. The third-order valence-corrected chi connectivity index (χ3v) is 3.78. The van der Waals surface area contributed by atoms with Crippen LogP contribution in [0.4, 0.5) is 0 Å². The highest BCUT2D eigenvalue weighted by molar-refractivity contribution is 5.99. The molecule has 1 aliphatic carbocycles. The van der Waals surface area contributed by atoms with Crippen molar-refractivity contribution in [3.63, 3.8) is 0 Å². The number of methoxy groups -OCH3 is 1. The van der Waals surface area contributed by atoms with E-state index in [0.29, 0.717) is 18.4 Å². The molecule has 1 amide bonds. The van der Waals surface area contributed by atoms with Gasteiger partial charge < -0.3 is 10.1 Å². The second-order valence-corrected chi connectivity index (χ2v) is 5.05. The van der Waals surface area contributed by atoms with Gasteiger partial charge in [-0.3, -0.25) is 4.79 Å². The van der Waals surface area contributed by atoms with Gasteiger partial charge in [-0.1, -0.05) is 31.0 Å². The van der Waals surface area contributed by atoms with Gasteiger partial charge in [-0.25, -0.2) is 4.79 Å². The Morgan fingerprint density at radius 3 is 2.42 bits per heavy atom. The maximum Gasteiger partial charge on any atom is 0.331 e. The fourth-order valence-electron chi connectivity index (χ4n) is 2.67. The molecule has 2 rings (SSSR count). The Morgan fingerprint density at radius 1 is 1.21 bits per heavy atom. The molecule has 0 atom stereocenters. The number of hydrogen-bond acceptors (Lipinski definition) is 3. The Balaban J connectivity index is 2.21. The van der Waals surface area contributed by atoms with E-state index in [9.17, 15) is 9.59 Å². The monoisotopic (exact) mass is 261 g/mol. The lowest BCUT2D eigenvalue weighted by Crippen LogP contribution is -2.53. The van der Waals surface area contributed by atoms with Gasteiger partial charge in [0.1, 0.15) is 5.54 Å². The molecular formula is C15H19NO3. The first-order valence-corrected chi connectivity index (χ1v) is 6.56. The van der Waals surface area contributed by atoms with Crippen molar-refractivity contribution in [2.75, 3.05) is 7.11 Å². The van der Waals surface area contributed by atoms with Gasteiger partial charge in [0.25, 0.3) is 5.91 Å². The molecule has 4 heteroatoms. The average Bonchev–Trinajstić information content (AvgIpc) is 2.88. The first kappa shape index (κ1) is 13.6. The Morgan fingerprint density at radius 2 is 1.84 bits per heavy atom. The highest BCUT2D eigenvalue weighted by atomic mass is 16.5. The smallest absolute Gasteiger partial charge is 0.331 e. The van der Waals surface area contributed by atoms with Crippen LogP contribution in [-0.4, -0.2) is 24.5 Å². The van der Waals surface area contributed by atoms with Gasteiger partial charge in [0, 0.05) is 5.56 Å². The lowest BCUT2D eigenvalue weighted by atomic mass is 9.96. The van der Waals surface area contributed by atoms with Crippen molar-refractivity contribution in [3.8, 4) is 0 Å². The number of nitrogens with one attached hydrogen (secondary N) is 1. The normalized spacial score (nSPS) is 16.9. The van der Waals surface area contributed by atoms with E-state index in [4.69, 9.17) is 4.74 Å². The van der Waals surface area contributed by atoms with Crippen LogP contribution in [0.25, 0.3) is 0 Å². The minimum atomic E-state index is -0.839. The van der Waals surface area contributed by atoms with Crippen LogP contribution in [0.5, 0.6) is 0 Å². The van der Waals surface area contributed by atoms with Crippen LogP contribution in [-0.2, 0) is 9.53 Å². The SMILES string of the molecule is COC(=O)C1(NC(=O)c2ccccc2C)CCCC1. The number of hydrogen-bond donors (Lipinski definition) is 1. The third-order valence-electron chi connectivity index (χ3n) is 3.78. The molecule has 0 bridgehead atoms. The van der Waals surface area contributed by atoms with Crippen LogP contribution in [0, 0.1) is 6.92 Å². The first-order valence-electron chi connectivity index (χ1n) is 6.56. The number of carbonyl (C=O) groups excluding carboxylic acids is 2. The summed E-state index contributed by atoms with van der Waals surface area (Å²) in [5.74, 6) is -0.544. The Hall–Kier alpha value is -1.84. The van der Waals surface area contributed by atoms with Crippen molar-refractivity contribution in [2.45, 2.75) is 38.1 Å². The van der Waals surface area contributed by atoms with Crippen molar-refractivity contribution in [2.24, 2.45) is 0 Å². The predicted octanol–water partition coefficient (Wildman–Crippen LogP) is 2.21. The molecule has 1 fully saturated rings. The summed E-state index contributed by atoms with van der Waals surface area (Å²) < 4.78 is 4.85. The zero-order valence-electron chi connectivity index (χ0n) is 11.4. The zero-order chi connectivity index (χ0) is 13.9. The van der Waals surface area contributed by atoms with E-state index in [1.54, 1.807) is 6.07 Å². The van der Waals surface area contributed by atoms with Crippen molar-refractivity contribution in [3.05, 3.63) is 35.4 Å². The van der Waals surface area contributed by atoms with E-state index >= 15 is 0 Å².